The summed E-state index contributed by atoms with van der Waals surface area (Å²) < 4.78 is 21.0. The van der Waals surface area contributed by atoms with E-state index in [0.29, 0.717) is 11.3 Å². The quantitative estimate of drug-likeness (QED) is 0.583. The van der Waals surface area contributed by atoms with Crippen LogP contribution in [-0.2, 0) is 4.79 Å². The van der Waals surface area contributed by atoms with Crippen LogP contribution in [0.25, 0.3) is 11.8 Å². The number of rotatable bonds is 8. The Kier molecular flexibility index (Phi) is 6.44. The fourth-order valence-corrected chi connectivity index (χ4v) is 3.23. The van der Waals surface area contributed by atoms with E-state index in [1.807, 2.05) is 66.2 Å². The fraction of sp³-hybridized carbons (Fsp3) is 0.217. The van der Waals surface area contributed by atoms with E-state index in [-0.39, 0.29) is 6.42 Å². The van der Waals surface area contributed by atoms with Crippen molar-refractivity contribution in [3.05, 3.63) is 83.4 Å². The number of carbonyl (C=O) groups is 1. The molecule has 0 aliphatic rings. The van der Waals surface area contributed by atoms with Crippen LogP contribution in [0.5, 0.6) is 5.75 Å². The summed E-state index contributed by atoms with van der Waals surface area (Å²) in [7, 11) is 1.58. The number of hydrogen-bond donors (Lipinski definition) is 1. The van der Waals surface area contributed by atoms with Crippen LogP contribution in [0.15, 0.2) is 66.6 Å². The maximum Gasteiger partial charge on any atom is 0.244 e. The summed E-state index contributed by atoms with van der Waals surface area (Å²) in [6.45, 7) is 1.34. The van der Waals surface area contributed by atoms with Gasteiger partial charge in [-0.1, -0.05) is 36.4 Å². The van der Waals surface area contributed by atoms with Crippen molar-refractivity contribution in [1.29, 1.82) is 0 Å². The molecule has 2 N–H and O–H groups in total. The van der Waals surface area contributed by atoms with E-state index in [1.165, 1.54) is 0 Å². The topological polar surface area (TPSA) is 70.1 Å². The molecule has 29 heavy (non-hydrogen) atoms. The zero-order valence-electron chi connectivity index (χ0n) is 16.5. The maximum absolute atomic E-state index is 13.7. The van der Waals surface area contributed by atoms with Gasteiger partial charge in [-0.2, -0.15) is 0 Å². The highest BCUT2D eigenvalue weighted by Gasteiger charge is 2.17. The lowest BCUT2D eigenvalue weighted by atomic mass is 9.91. The zero-order valence-corrected chi connectivity index (χ0v) is 16.5. The molecular weight excluding hydrogens is 369 g/mol. The Balaban J connectivity index is 1.91. The van der Waals surface area contributed by atoms with Gasteiger partial charge in [-0.15, -0.1) is 0 Å². The minimum Gasteiger partial charge on any atom is -0.495 e. The lowest BCUT2D eigenvalue weighted by Gasteiger charge is -2.15. The fourth-order valence-electron chi connectivity index (χ4n) is 3.23. The van der Waals surface area contributed by atoms with Gasteiger partial charge in [-0.05, 0) is 42.7 Å². The number of nitrogens with two attached hydrogens (primary N) is 1. The summed E-state index contributed by atoms with van der Waals surface area (Å²) in [5.41, 5.74) is 9.27. The Morgan fingerprint density at radius 3 is 2.62 bits per heavy atom. The third kappa shape index (κ3) is 4.90. The minimum absolute atomic E-state index is 0.223. The minimum atomic E-state index is -0.573. The Morgan fingerprint density at radius 2 is 2.03 bits per heavy atom. The highest BCUT2D eigenvalue weighted by atomic mass is 19.1. The van der Waals surface area contributed by atoms with E-state index in [4.69, 9.17) is 10.5 Å². The van der Waals surface area contributed by atoms with Crippen LogP contribution in [-0.4, -0.2) is 29.2 Å². The second-order valence-corrected chi connectivity index (χ2v) is 6.85. The van der Waals surface area contributed by atoms with E-state index < -0.39 is 18.5 Å². The first-order valence-corrected chi connectivity index (χ1v) is 9.32. The molecule has 3 aromatic rings. The van der Waals surface area contributed by atoms with E-state index in [9.17, 15) is 9.18 Å². The highest BCUT2D eigenvalue weighted by molar-refractivity contribution is 5.96. The van der Waals surface area contributed by atoms with Crippen molar-refractivity contribution in [2.75, 3.05) is 13.8 Å². The summed E-state index contributed by atoms with van der Waals surface area (Å²) >= 11 is 0. The number of alkyl halides is 1. The van der Waals surface area contributed by atoms with Gasteiger partial charge >= 0.3 is 0 Å². The molecule has 3 rings (SSSR count). The third-order valence-electron chi connectivity index (χ3n) is 4.77. The van der Waals surface area contributed by atoms with Gasteiger partial charge in [0.15, 0.2) is 0 Å². The maximum atomic E-state index is 13.7. The normalized spacial score (nSPS) is 12.6. The molecule has 0 saturated carbocycles. The Hall–Kier alpha value is -3.41. The monoisotopic (exact) mass is 393 g/mol. The molecule has 0 radical (unpaired) electrons. The van der Waals surface area contributed by atoms with Crippen molar-refractivity contribution >= 4 is 12.0 Å². The largest absolute Gasteiger partial charge is 0.495 e. The molecule has 0 aliphatic heterocycles. The van der Waals surface area contributed by atoms with E-state index in [2.05, 4.69) is 4.98 Å². The van der Waals surface area contributed by atoms with Gasteiger partial charge in [0.25, 0.3) is 0 Å². The number of primary amides is 1. The number of carbonyl (C=O) groups excluding carboxylic acids is 1. The zero-order chi connectivity index (χ0) is 20.8. The summed E-state index contributed by atoms with van der Waals surface area (Å²) in [6, 6.07) is 14.9. The molecule has 1 heterocycles. The van der Waals surface area contributed by atoms with Gasteiger partial charge in [0, 0.05) is 17.7 Å². The molecule has 0 aliphatic carbocycles. The Bertz CT molecular complexity index is 1010. The smallest absolute Gasteiger partial charge is 0.244 e. The van der Waals surface area contributed by atoms with Gasteiger partial charge < -0.3 is 15.0 Å². The molecule has 2 aromatic carbocycles. The van der Waals surface area contributed by atoms with Crippen LogP contribution >= 0.6 is 0 Å². The van der Waals surface area contributed by atoms with Crippen molar-refractivity contribution in [2.45, 2.75) is 19.3 Å². The van der Waals surface area contributed by atoms with Crippen LogP contribution < -0.4 is 10.5 Å². The first kappa shape index (κ1) is 20.3. The number of ether oxygens (including phenoxy) is 1. The summed E-state index contributed by atoms with van der Waals surface area (Å²) in [5.74, 6) is -0.359. The second kappa shape index (κ2) is 9.19. The molecule has 150 valence electrons. The predicted molar refractivity (Wildman–Crippen MR) is 112 cm³/mol. The molecule has 5 nitrogen and oxygen atoms in total. The van der Waals surface area contributed by atoms with Gasteiger partial charge in [0.2, 0.25) is 5.91 Å². The van der Waals surface area contributed by atoms with Crippen molar-refractivity contribution in [3.8, 4) is 11.4 Å². The first-order valence-electron chi connectivity index (χ1n) is 9.32. The molecule has 0 bridgehead atoms. The van der Waals surface area contributed by atoms with Crippen molar-refractivity contribution in [1.82, 2.24) is 9.55 Å². The Morgan fingerprint density at radius 1 is 1.28 bits per heavy atom. The summed E-state index contributed by atoms with van der Waals surface area (Å²) in [5, 5.41) is 0. The molecule has 1 unspecified atom stereocenters. The molecule has 1 atom stereocenters. The van der Waals surface area contributed by atoms with Gasteiger partial charge in [0.1, 0.15) is 5.75 Å². The van der Waals surface area contributed by atoms with E-state index in [1.54, 1.807) is 19.5 Å². The lowest BCUT2D eigenvalue weighted by molar-refractivity contribution is -0.114. The number of aryl methyl sites for hydroxylation is 1. The van der Waals surface area contributed by atoms with E-state index >= 15 is 0 Å². The van der Waals surface area contributed by atoms with Crippen LogP contribution in [0, 0.1) is 6.92 Å². The van der Waals surface area contributed by atoms with E-state index in [0.717, 1.165) is 22.5 Å². The molecule has 0 spiro atoms. The second-order valence-electron chi connectivity index (χ2n) is 6.85. The number of halogens is 1. The van der Waals surface area contributed by atoms with Crippen LogP contribution in [0.1, 0.15) is 29.2 Å². The standard InChI is InChI=1S/C23H24FN3O2/c1-16-14-27(15-26-16)21-9-8-17(11-22(21)29-2)10-19(23(25)28)12-20(13-24)18-6-4-3-5-7-18/h3-11,14-15,20H,12-13H2,1-2H3,(H2,25,28)/b19-10+. The first-order chi connectivity index (χ1) is 14.0. The van der Waals surface area contributed by atoms with Crippen molar-refractivity contribution < 1.29 is 13.9 Å². The number of methoxy groups -OCH3 is 1. The van der Waals surface area contributed by atoms with Gasteiger partial charge in [-0.25, -0.2) is 4.98 Å². The highest BCUT2D eigenvalue weighted by Crippen LogP contribution is 2.28. The van der Waals surface area contributed by atoms with Crippen LogP contribution in [0.3, 0.4) is 0 Å². The van der Waals surface area contributed by atoms with Gasteiger partial charge in [-0.3, -0.25) is 9.18 Å². The lowest BCUT2D eigenvalue weighted by Crippen LogP contribution is -2.17. The summed E-state index contributed by atoms with van der Waals surface area (Å²) in [4.78, 5) is 16.3. The molecule has 0 fully saturated rings. The SMILES string of the molecule is COc1cc(/C=C(\CC(CF)c2ccccc2)C(N)=O)ccc1-n1cnc(C)c1. The molecule has 6 heteroatoms. The number of imidazole rings is 1. The van der Waals surface area contributed by atoms with Crippen molar-refractivity contribution in [3.63, 3.8) is 0 Å². The Labute approximate surface area is 169 Å². The van der Waals surface area contributed by atoms with Crippen LogP contribution in [0.2, 0.25) is 0 Å². The number of nitrogens with zero attached hydrogens (tertiary/aromatic N) is 2. The third-order valence-corrected chi connectivity index (χ3v) is 4.77. The van der Waals surface area contributed by atoms with Crippen molar-refractivity contribution in [2.24, 2.45) is 5.73 Å². The number of aromatic nitrogens is 2. The van der Waals surface area contributed by atoms with Crippen LogP contribution in [0.4, 0.5) is 4.39 Å². The number of hydrogen-bond acceptors (Lipinski definition) is 3. The average Bonchev–Trinajstić information content (AvgIpc) is 3.17. The molecule has 1 aromatic heterocycles. The predicted octanol–water partition coefficient (Wildman–Crippen LogP) is 4.20. The average molecular weight is 393 g/mol. The molecule has 0 saturated heterocycles. The molecular formula is C23H24FN3O2. The van der Waals surface area contributed by atoms with Gasteiger partial charge in [0.05, 0.1) is 31.5 Å². The molecule has 1 amide bonds. The summed E-state index contributed by atoms with van der Waals surface area (Å²) in [6.07, 6.45) is 5.52. The number of benzene rings is 2. The number of amides is 1.